The minimum Gasteiger partial charge on any atom is -0.306 e. The van der Waals surface area contributed by atoms with Gasteiger partial charge in [0.25, 0.3) is 0 Å². The fraction of sp³-hybridized carbons (Fsp3) is 0.667. The Kier molecular flexibility index (Phi) is 4.08. The molecule has 2 aromatic rings. The van der Waals surface area contributed by atoms with Crippen LogP contribution in [-0.2, 0) is 13.6 Å². The van der Waals surface area contributed by atoms with Crippen molar-refractivity contribution in [2.24, 2.45) is 12.5 Å². The Bertz CT molecular complexity index is 766. The van der Waals surface area contributed by atoms with Crippen molar-refractivity contribution in [3.8, 4) is 0 Å². The van der Waals surface area contributed by atoms with Crippen LogP contribution in [-0.4, -0.2) is 39.2 Å². The Morgan fingerprint density at radius 3 is 2.65 bits per heavy atom. The number of likely N-dealkylation sites (tertiary alicyclic amines) is 1. The van der Waals surface area contributed by atoms with Gasteiger partial charge >= 0.3 is 5.69 Å². The van der Waals surface area contributed by atoms with Gasteiger partial charge in [0, 0.05) is 31.7 Å². The summed E-state index contributed by atoms with van der Waals surface area (Å²) in [4.78, 5) is 19.8. The SMILES string of the molecule is CN1CCCC(c2ccc3c(n2)n(C)c(=O)n3CC(C)(C)C)C1. The Balaban J connectivity index is 2.04. The highest BCUT2D eigenvalue weighted by molar-refractivity contribution is 5.72. The molecule has 3 rings (SSSR count). The summed E-state index contributed by atoms with van der Waals surface area (Å²) in [5.41, 5.74) is 2.96. The van der Waals surface area contributed by atoms with Gasteiger partial charge in [0.05, 0.1) is 5.52 Å². The van der Waals surface area contributed by atoms with Crippen LogP contribution < -0.4 is 5.69 Å². The summed E-state index contributed by atoms with van der Waals surface area (Å²) in [5.74, 6) is 0.471. The van der Waals surface area contributed by atoms with E-state index in [2.05, 4.69) is 44.9 Å². The highest BCUT2D eigenvalue weighted by Crippen LogP contribution is 2.27. The van der Waals surface area contributed by atoms with Crippen molar-refractivity contribution in [2.45, 2.75) is 46.1 Å². The van der Waals surface area contributed by atoms with Crippen LogP contribution in [0.25, 0.3) is 11.2 Å². The van der Waals surface area contributed by atoms with Crippen molar-refractivity contribution < 1.29 is 0 Å². The van der Waals surface area contributed by atoms with Crippen molar-refractivity contribution >= 4 is 11.2 Å². The molecule has 0 spiro atoms. The molecule has 1 atom stereocenters. The Morgan fingerprint density at radius 2 is 2.00 bits per heavy atom. The second kappa shape index (κ2) is 5.78. The van der Waals surface area contributed by atoms with Crippen LogP contribution in [0.4, 0.5) is 0 Å². The standard InChI is InChI=1S/C18H28N4O/c1-18(2,3)12-22-15-9-8-14(13-7-6-10-20(4)11-13)19-16(15)21(5)17(22)23/h8-9,13H,6-7,10-12H2,1-5H3. The topological polar surface area (TPSA) is 43.1 Å². The number of aromatic nitrogens is 3. The number of pyridine rings is 1. The highest BCUT2D eigenvalue weighted by atomic mass is 16.1. The zero-order valence-corrected chi connectivity index (χ0v) is 15.0. The molecule has 0 radical (unpaired) electrons. The molecule has 1 aliphatic rings. The molecule has 2 aromatic heterocycles. The molecule has 0 amide bonds. The number of likely N-dealkylation sites (N-methyl/N-ethyl adjacent to an activating group) is 1. The maximum atomic E-state index is 12.6. The van der Waals surface area contributed by atoms with Gasteiger partial charge in [-0.3, -0.25) is 9.13 Å². The van der Waals surface area contributed by atoms with Crippen molar-refractivity contribution in [1.82, 2.24) is 19.0 Å². The summed E-state index contributed by atoms with van der Waals surface area (Å²) in [6.07, 6.45) is 2.39. The highest BCUT2D eigenvalue weighted by Gasteiger charge is 2.23. The van der Waals surface area contributed by atoms with Crippen LogP contribution in [0.2, 0.25) is 0 Å². The average Bonchev–Trinajstić information content (AvgIpc) is 2.71. The summed E-state index contributed by atoms with van der Waals surface area (Å²) in [6, 6.07) is 4.20. The molecular formula is C18H28N4O. The van der Waals surface area contributed by atoms with Crippen molar-refractivity contribution in [3.63, 3.8) is 0 Å². The molecule has 0 bridgehead atoms. The molecule has 1 saturated heterocycles. The van der Waals surface area contributed by atoms with E-state index in [-0.39, 0.29) is 11.1 Å². The first-order valence-corrected chi connectivity index (χ1v) is 8.51. The normalized spacial score (nSPS) is 20.3. The first-order chi connectivity index (χ1) is 10.8. The third-order valence-corrected chi connectivity index (χ3v) is 4.68. The Morgan fingerprint density at radius 1 is 1.26 bits per heavy atom. The Hall–Kier alpha value is -1.62. The summed E-state index contributed by atoms with van der Waals surface area (Å²) >= 11 is 0. The number of imidazole rings is 1. The van der Waals surface area contributed by atoms with E-state index in [4.69, 9.17) is 4.98 Å². The third kappa shape index (κ3) is 3.20. The van der Waals surface area contributed by atoms with Crippen LogP contribution in [0.5, 0.6) is 0 Å². The van der Waals surface area contributed by atoms with E-state index in [1.165, 1.54) is 19.4 Å². The maximum Gasteiger partial charge on any atom is 0.330 e. The third-order valence-electron chi connectivity index (χ3n) is 4.68. The van der Waals surface area contributed by atoms with Gasteiger partial charge in [0.2, 0.25) is 0 Å². The molecule has 5 heteroatoms. The fourth-order valence-electron chi connectivity index (χ4n) is 3.55. The molecule has 0 N–H and O–H groups in total. The number of fused-ring (bicyclic) bond motifs is 1. The van der Waals surface area contributed by atoms with Gasteiger partial charge in [-0.2, -0.15) is 0 Å². The zero-order valence-electron chi connectivity index (χ0n) is 15.0. The summed E-state index contributed by atoms with van der Waals surface area (Å²) < 4.78 is 3.55. The van der Waals surface area contributed by atoms with Crippen LogP contribution in [0.1, 0.15) is 45.2 Å². The van der Waals surface area contributed by atoms with E-state index in [1.807, 2.05) is 11.6 Å². The number of rotatable bonds is 2. The van der Waals surface area contributed by atoms with Gasteiger partial charge < -0.3 is 4.90 Å². The zero-order chi connectivity index (χ0) is 16.8. The first kappa shape index (κ1) is 16.2. The van der Waals surface area contributed by atoms with E-state index in [0.29, 0.717) is 12.5 Å². The van der Waals surface area contributed by atoms with E-state index in [9.17, 15) is 4.79 Å². The average molecular weight is 316 g/mol. The van der Waals surface area contributed by atoms with Gasteiger partial charge in [0.1, 0.15) is 0 Å². The lowest BCUT2D eigenvalue weighted by Crippen LogP contribution is -2.31. The van der Waals surface area contributed by atoms with Gasteiger partial charge in [-0.1, -0.05) is 20.8 Å². The molecule has 1 fully saturated rings. The van der Waals surface area contributed by atoms with Gasteiger partial charge in [0.15, 0.2) is 5.65 Å². The van der Waals surface area contributed by atoms with E-state index in [0.717, 1.165) is 23.4 Å². The quantitative estimate of drug-likeness (QED) is 0.855. The first-order valence-electron chi connectivity index (χ1n) is 8.51. The van der Waals surface area contributed by atoms with Crippen molar-refractivity contribution in [1.29, 1.82) is 0 Å². The number of piperidine rings is 1. The smallest absolute Gasteiger partial charge is 0.306 e. The molecule has 126 valence electrons. The summed E-state index contributed by atoms with van der Waals surface area (Å²) in [6.45, 7) is 9.37. The lowest BCUT2D eigenvalue weighted by molar-refractivity contribution is 0.248. The molecule has 0 aliphatic carbocycles. The summed E-state index contributed by atoms with van der Waals surface area (Å²) in [5, 5.41) is 0. The monoisotopic (exact) mass is 316 g/mol. The van der Waals surface area contributed by atoms with Crippen LogP contribution in [0.3, 0.4) is 0 Å². The number of aryl methyl sites for hydroxylation is 1. The van der Waals surface area contributed by atoms with Crippen LogP contribution in [0.15, 0.2) is 16.9 Å². The van der Waals surface area contributed by atoms with Crippen LogP contribution in [0, 0.1) is 5.41 Å². The van der Waals surface area contributed by atoms with E-state index in [1.54, 1.807) is 4.57 Å². The lowest BCUT2D eigenvalue weighted by Gasteiger charge is -2.29. The molecule has 1 aliphatic heterocycles. The van der Waals surface area contributed by atoms with E-state index < -0.39 is 0 Å². The second-order valence-electron chi connectivity index (χ2n) is 8.17. The predicted octanol–water partition coefficient (Wildman–Crippen LogP) is 2.59. The second-order valence-corrected chi connectivity index (χ2v) is 8.17. The van der Waals surface area contributed by atoms with Crippen molar-refractivity contribution in [2.75, 3.05) is 20.1 Å². The minimum atomic E-state index is 0.0281. The number of hydrogen-bond acceptors (Lipinski definition) is 3. The molecule has 0 aromatic carbocycles. The van der Waals surface area contributed by atoms with Crippen molar-refractivity contribution in [3.05, 3.63) is 28.3 Å². The predicted molar refractivity (Wildman–Crippen MR) is 93.9 cm³/mol. The van der Waals surface area contributed by atoms with Gasteiger partial charge in [-0.05, 0) is 44.0 Å². The molecule has 0 saturated carbocycles. The molecule has 23 heavy (non-hydrogen) atoms. The lowest BCUT2D eigenvalue weighted by atomic mass is 9.94. The Labute approximate surface area is 137 Å². The van der Waals surface area contributed by atoms with E-state index >= 15 is 0 Å². The maximum absolute atomic E-state index is 12.6. The summed E-state index contributed by atoms with van der Waals surface area (Å²) in [7, 11) is 3.99. The molecule has 1 unspecified atom stereocenters. The molecular weight excluding hydrogens is 288 g/mol. The molecule has 3 heterocycles. The van der Waals surface area contributed by atoms with Crippen LogP contribution >= 0.6 is 0 Å². The van der Waals surface area contributed by atoms with Gasteiger partial charge in [-0.25, -0.2) is 9.78 Å². The number of nitrogens with zero attached hydrogens (tertiary/aromatic N) is 4. The molecule has 5 nitrogen and oxygen atoms in total. The van der Waals surface area contributed by atoms with Gasteiger partial charge in [-0.15, -0.1) is 0 Å². The minimum absolute atomic E-state index is 0.0281. The number of hydrogen-bond donors (Lipinski definition) is 0. The fourth-order valence-corrected chi connectivity index (χ4v) is 3.55. The largest absolute Gasteiger partial charge is 0.330 e.